The molecule has 1 N–H and O–H groups in total. The van der Waals surface area contributed by atoms with Crippen molar-refractivity contribution in [2.75, 3.05) is 11.9 Å². The number of hydrogen-bond acceptors (Lipinski definition) is 6. The molecule has 2 aromatic heterocycles. The van der Waals surface area contributed by atoms with Crippen LogP contribution < -0.4 is 15.6 Å². The van der Waals surface area contributed by atoms with E-state index in [1.165, 1.54) is 15.9 Å². The third-order valence-corrected chi connectivity index (χ3v) is 6.18. The first-order chi connectivity index (χ1) is 13.7. The monoisotopic (exact) mass is 394 g/mol. The van der Waals surface area contributed by atoms with Gasteiger partial charge in [0.2, 0.25) is 0 Å². The van der Waals surface area contributed by atoms with E-state index in [2.05, 4.69) is 11.4 Å². The van der Waals surface area contributed by atoms with Crippen LogP contribution in [0.2, 0.25) is 0 Å². The van der Waals surface area contributed by atoms with Crippen LogP contribution in [0.15, 0.2) is 29.1 Å². The molecule has 0 aliphatic heterocycles. The number of hydrogen-bond donors (Lipinski definition) is 1. The Kier molecular flexibility index (Phi) is 5.31. The van der Waals surface area contributed by atoms with Crippen molar-refractivity contribution in [3.05, 3.63) is 50.9 Å². The number of aromatic nitrogens is 2. The molecule has 1 aliphatic carbocycles. The number of ether oxygens (including phenoxy) is 1. The molecule has 4 rings (SSSR count). The van der Waals surface area contributed by atoms with Crippen molar-refractivity contribution in [3.63, 3.8) is 0 Å². The number of rotatable bonds is 6. The number of nitrogens with one attached hydrogen (secondary N) is 1. The van der Waals surface area contributed by atoms with Gasteiger partial charge in [-0.3, -0.25) is 9.36 Å². The maximum Gasteiger partial charge on any atom is 0.263 e. The molecule has 0 bridgehead atoms. The SMILES string of the molecule is CCOc1ccc(NCc2nc3sc4c(c3c(=O)n2CC#N)CCCC4)cc1. The Labute approximate surface area is 167 Å². The lowest BCUT2D eigenvalue weighted by atomic mass is 9.97. The van der Waals surface area contributed by atoms with Crippen molar-refractivity contribution < 1.29 is 4.74 Å². The summed E-state index contributed by atoms with van der Waals surface area (Å²) in [4.78, 5) is 20.0. The zero-order valence-electron chi connectivity index (χ0n) is 15.8. The van der Waals surface area contributed by atoms with E-state index in [1.807, 2.05) is 31.2 Å². The summed E-state index contributed by atoms with van der Waals surface area (Å²) in [7, 11) is 0. The summed E-state index contributed by atoms with van der Waals surface area (Å²) in [6.45, 7) is 2.96. The van der Waals surface area contributed by atoms with Crippen molar-refractivity contribution in [1.82, 2.24) is 9.55 Å². The fraction of sp³-hybridized carbons (Fsp3) is 0.381. The molecule has 0 saturated heterocycles. The van der Waals surface area contributed by atoms with Crippen LogP contribution in [0.3, 0.4) is 0 Å². The van der Waals surface area contributed by atoms with E-state index in [-0.39, 0.29) is 12.1 Å². The molecule has 0 amide bonds. The Morgan fingerprint density at radius 2 is 2.07 bits per heavy atom. The van der Waals surface area contributed by atoms with E-state index in [9.17, 15) is 10.1 Å². The quantitative estimate of drug-likeness (QED) is 0.686. The number of nitrogens with zero attached hydrogens (tertiary/aromatic N) is 3. The van der Waals surface area contributed by atoms with Crippen molar-refractivity contribution in [2.24, 2.45) is 0 Å². The molecule has 0 saturated carbocycles. The second-order valence-corrected chi connectivity index (χ2v) is 7.86. The third-order valence-electron chi connectivity index (χ3n) is 5.00. The third kappa shape index (κ3) is 3.48. The molecular formula is C21H22N4O2S. The highest BCUT2D eigenvalue weighted by Crippen LogP contribution is 2.33. The van der Waals surface area contributed by atoms with E-state index in [4.69, 9.17) is 9.72 Å². The average Bonchev–Trinajstić information content (AvgIpc) is 3.09. The first kappa shape index (κ1) is 18.5. The molecular weight excluding hydrogens is 372 g/mol. The summed E-state index contributed by atoms with van der Waals surface area (Å²) in [6.07, 6.45) is 4.23. The first-order valence-corrected chi connectivity index (χ1v) is 10.4. The molecule has 1 aromatic carbocycles. The van der Waals surface area contributed by atoms with Crippen LogP contribution in [0.5, 0.6) is 5.75 Å². The van der Waals surface area contributed by atoms with Gasteiger partial charge in [0.25, 0.3) is 5.56 Å². The van der Waals surface area contributed by atoms with Crippen LogP contribution in [0.4, 0.5) is 5.69 Å². The van der Waals surface area contributed by atoms with E-state index >= 15 is 0 Å². The van der Waals surface area contributed by atoms with Gasteiger partial charge >= 0.3 is 0 Å². The lowest BCUT2D eigenvalue weighted by Gasteiger charge is -2.13. The molecule has 0 fully saturated rings. The summed E-state index contributed by atoms with van der Waals surface area (Å²) in [5.41, 5.74) is 1.97. The standard InChI is InChI=1S/C21H22N4O2S/c1-2-27-15-9-7-14(8-10-15)23-13-18-24-20-19(21(26)25(18)12-11-22)16-5-3-4-6-17(16)28-20/h7-10,23H,2-6,12-13H2,1H3. The zero-order valence-corrected chi connectivity index (χ0v) is 16.6. The normalized spacial score (nSPS) is 13.1. The van der Waals surface area contributed by atoms with Gasteiger partial charge in [-0.25, -0.2) is 4.98 Å². The smallest absolute Gasteiger partial charge is 0.263 e. The Hall–Kier alpha value is -2.85. The van der Waals surface area contributed by atoms with Crippen LogP contribution in [0.1, 0.15) is 36.0 Å². The molecule has 2 heterocycles. The summed E-state index contributed by atoms with van der Waals surface area (Å²) >= 11 is 1.63. The largest absolute Gasteiger partial charge is 0.494 e. The van der Waals surface area contributed by atoms with Gasteiger partial charge in [-0.05, 0) is 62.4 Å². The van der Waals surface area contributed by atoms with Crippen LogP contribution in [0.25, 0.3) is 10.2 Å². The maximum absolute atomic E-state index is 13.1. The molecule has 0 unspecified atom stereocenters. The van der Waals surface area contributed by atoms with Crippen LogP contribution >= 0.6 is 11.3 Å². The van der Waals surface area contributed by atoms with E-state index in [0.29, 0.717) is 19.0 Å². The minimum atomic E-state index is -0.0885. The van der Waals surface area contributed by atoms with Crippen molar-refractivity contribution >= 4 is 27.2 Å². The molecule has 28 heavy (non-hydrogen) atoms. The van der Waals surface area contributed by atoms with Crippen molar-refractivity contribution in [3.8, 4) is 11.8 Å². The van der Waals surface area contributed by atoms with Gasteiger partial charge in [-0.2, -0.15) is 5.26 Å². The average molecular weight is 395 g/mol. The number of anilines is 1. The number of thiophene rings is 1. The van der Waals surface area contributed by atoms with Gasteiger partial charge in [0.15, 0.2) is 0 Å². The van der Waals surface area contributed by atoms with Crippen molar-refractivity contribution in [1.29, 1.82) is 5.26 Å². The molecule has 7 heteroatoms. The van der Waals surface area contributed by atoms with Crippen LogP contribution in [-0.2, 0) is 25.9 Å². The number of aryl methyl sites for hydroxylation is 2. The molecule has 144 valence electrons. The van der Waals surface area contributed by atoms with Crippen molar-refractivity contribution in [2.45, 2.75) is 45.7 Å². The topological polar surface area (TPSA) is 79.9 Å². The highest BCUT2D eigenvalue weighted by molar-refractivity contribution is 7.18. The summed E-state index contributed by atoms with van der Waals surface area (Å²) in [6, 6.07) is 9.77. The number of benzene rings is 1. The van der Waals surface area contributed by atoms with Gasteiger partial charge in [0.05, 0.1) is 24.6 Å². The van der Waals surface area contributed by atoms with Gasteiger partial charge in [0.1, 0.15) is 22.9 Å². The molecule has 0 atom stereocenters. The fourth-order valence-corrected chi connectivity index (χ4v) is 4.94. The predicted molar refractivity (Wildman–Crippen MR) is 111 cm³/mol. The molecule has 3 aromatic rings. The Morgan fingerprint density at radius 1 is 1.29 bits per heavy atom. The minimum absolute atomic E-state index is 0.00663. The van der Waals surface area contributed by atoms with Gasteiger partial charge in [-0.15, -0.1) is 11.3 Å². The van der Waals surface area contributed by atoms with E-state index in [1.54, 1.807) is 11.3 Å². The predicted octanol–water partition coefficient (Wildman–Crippen LogP) is 3.87. The highest BCUT2D eigenvalue weighted by Gasteiger charge is 2.21. The summed E-state index contributed by atoms with van der Waals surface area (Å²) in [5, 5.41) is 13.2. The first-order valence-electron chi connectivity index (χ1n) is 9.59. The number of fused-ring (bicyclic) bond motifs is 3. The van der Waals surface area contributed by atoms with Gasteiger partial charge in [-0.1, -0.05) is 0 Å². The minimum Gasteiger partial charge on any atom is -0.494 e. The Morgan fingerprint density at radius 3 is 2.82 bits per heavy atom. The van der Waals surface area contributed by atoms with E-state index < -0.39 is 0 Å². The molecule has 0 spiro atoms. The Balaban J connectivity index is 1.66. The van der Waals surface area contributed by atoms with Crippen LogP contribution in [-0.4, -0.2) is 16.2 Å². The summed E-state index contributed by atoms with van der Waals surface area (Å²) in [5.74, 6) is 1.41. The highest BCUT2D eigenvalue weighted by atomic mass is 32.1. The lowest BCUT2D eigenvalue weighted by Crippen LogP contribution is -2.26. The Bertz CT molecular complexity index is 1090. The van der Waals surface area contributed by atoms with E-state index in [0.717, 1.165) is 46.5 Å². The zero-order chi connectivity index (χ0) is 19.5. The van der Waals surface area contributed by atoms with Gasteiger partial charge in [0, 0.05) is 10.6 Å². The molecule has 6 nitrogen and oxygen atoms in total. The maximum atomic E-state index is 13.1. The molecule has 1 aliphatic rings. The van der Waals surface area contributed by atoms with Gasteiger partial charge < -0.3 is 10.1 Å². The lowest BCUT2D eigenvalue weighted by molar-refractivity contribution is 0.340. The number of nitriles is 1. The van der Waals surface area contributed by atoms with Crippen LogP contribution in [0, 0.1) is 11.3 Å². The molecule has 0 radical (unpaired) electrons. The second-order valence-electron chi connectivity index (χ2n) is 6.78. The summed E-state index contributed by atoms with van der Waals surface area (Å²) < 4.78 is 6.96. The fourth-order valence-electron chi connectivity index (χ4n) is 3.67. The second kappa shape index (κ2) is 8.03.